The molecule has 0 fully saturated rings. The van der Waals surface area contributed by atoms with Gasteiger partial charge in [-0.3, -0.25) is 0 Å². The molecule has 0 aliphatic rings. The molecule has 0 bridgehead atoms. The van der Waals surface area contributed by atoms with Crippen LogP contribution in [-0.4, -0.2) is 17.6 Å². The third-order valence-electron chi connectivity index (χ3n) is 0. The van der Waals surface area contributed by atoms with E-state index in [9.17, 15) is 0 Å². The summed E-state index contributed by atoms with van der Waals surface area (Å²) in [5.74, 6) is 0. The molecule has 0 rings (SSSR count). The van der Waals surface area contributed by atoms with Gasteiger partial charge in [0.1, 0.15) is 0 Å². The van der Waals surface area contributed by atoms with Crippen molar-refractivity contribution in [2.24, 2.45) is 0 Å². The number of hydrogen-bond acceptors (Lipinski definition) is 0. The van der Waals surface area contributed by atoms with E-state index in [4.69, 9.17) is 0 Å². The van der Waals surface area contributed by atoms with Gasteiger partial charge in [-0.1, -0.05) is 0 Å². The molecule has 2 radical (unpaired) electrons. The van der Waals surface area contributed by atoms with Crippen LogP contribution in [0.2, 0.25) is 0 Å². The quantitative estimate of drug-likeness (QED) is 0.372. The molecule has 0 aromatic heterocycles. The van der Waals surface area contributed by atoms with E-state index in [1.807, 2.05) is 0 Å². The minimum atomic E-state index is 0. The predicted octanol–water partition coefficient (Wildman–Crippen LogP) is -1.57. The van der Waals surface area contributed by atoms with E-state index in [-0.39, 0.29) is 33.6 Å². The first-order valence-electron chi connectivity index (χ1n) is 0.577. The molecule has 28 valence electrons. The molecule has 0 saturated carbocycles. The monoisotopic (exact) mass is 156 g/mol. The van der Waals surface area contributed by atoms with Crippen LogP contribution in [0.15, 0.2) is 0 Å². The van der Waals surface area contributed by atoms with Gasteiger partial charge in [0.05, 0.1) is 0 Å². The van der Waals surface area contributed by atoms with Gasteiger partial charge in [0.25, 0.3) is 0 Å². The second-order valence-electron chi connectivity index (χ2n) is 0. The zero-order chi connectivity index (χ0) is 2.00. The average Bonchev–Trinajstić information content (AvgIpc) is 1.00. The maximum Gasteiger partial charge on any atom is 0.0434 e. The van der Waals surface area contributed by atoms with Crippen molar-refractivity contribution in [3.8, 4) is 0 Å². The second-order valence-corrected chi connectivity index (χ2v) is 0. The molecule has 0 nitrogen and oxygen atoms in total. The van der Waals surface area contributed by atoms with E-state index in [0.29, 0.717) is 0 Å². The zero-order valence-corrected chi connectivity index (χ0v) is 6.34. The van der Waals surface area contributed by atoms with Crippen LogP contribution < -0.4 is 0 Å². The summed E-state index contributed by atoms with van der Waals surface area (Å²) in [7, 11) is 5.44. The standard InChI is InChI=1S/BH3Si.Fe.Ni/c1-2;;/h2H3;;. The van der Waals surface area contributed by atoms with Gasteiger partial charge >= 0.3 is 0 Å². The predicted molar refractivity (Wildman–Crippen MR) is 15.7 cm³/mol. The van der Waals surface area contributed by atoms with Gasteiger partial charge in [0.15, 0.2) is 0 Å². The van der Waals surface area contributed by atoms with Crippen LogP contribution in [0, 0.1) is 0 Å². The fourth-order valence-corrected chi connectivity index (χ4v) is 0. The summed E-state index contributed by atoms with van der Waals surface area (Å²) < 4.78 is 0. The van der Waals surface area contributed by atoms with Crippen LogP contribution in [0.1, 0.15) is 0 Å². The van der Waals surface area contributed by atoms with Crippen LogP contribution in [-0.2, 0) is 33.6 Å². The summed E-state index contributed by atoms with van der Waals surface area (Å²) in [6, 6.07) is 0. The van der Waals surface area contributed by atoms with Gasteiger partial charge in [0, 0.05) is 41.0 Å². The first kappa shape index (κ1) is 18.5. The third kappa shape index (κ3) is 10.3. The minimum Gasteiger partial charge on any atom is -0.0388 e. The molecule has 0 unspecified atom stereocenters. The second kappa shape index (κ2) is 27.8. The van der Waals surface area contributed by atoms with Gasteiger partial charge in [0.2, 0.25) is 0 Å². The average molecular weight is 156 g/mol. The molecule has 0 aromatic carbocycles. The van der Waals surface area contributed by atoms with Crippen molar-refractivity contribution in [3.05, 3.63) is 0 Å². The Morgan fingerprint density at radius 3 is 1.25 bits per heavy atom. The van der Waals surface area contributed by atoms with Crippen molar-refractivity contribution >= 4 is 17.6 Å². The molecule has 0 spiro atoms. The molecule has 0 atom stereocenters. The molecule has 0 aliphatic carbocycles. The maximum atomic E-state index is 4.64. The Balaban J connectivity index is -0.00000000500. The van der Waals surface area contributed by atoms with Gasteiger partial charge < -0.3 is 0 Å². The molecular weight excluding hydrogens is 153 g/mol. The number of hydrogen-bond donors (Lipinski definition) is 0. The topological polar surface area (TPSA) is 0 Å². The summed E-state index contributed by atoms with van der Waals surface area (Å²) >= 11 is 0. The summed E-state index contributed by atoms with van der Waals surface area (Å²) in [6.45, 7) is 0. The first-order chi connectivity index (χ1) is 1.00. The van der Waals surface area contributed by atoms with Crippen LogP contribution in [0.25, 0.3) is 0 Å². The minimum absolute atomic E-state index is 0. The normalized spacial score (nSPS) is 2.00. The van der Waals surface area contributed by atoms with Crippen LogP contribution >= 0.6 is 0 Å². The van der Waals surface area contributed by atoms with Crippen molar-refractivity contribution in [2.45, 2.75) is 0 Å². The first-order valence-corrected chi connectivity index (χ1v) is 1.73. The Bertz CT molecular complexity index is 8.00. The Kier molecular flexibility index (Phi) is 129. The van der Waals surface area contributed by atoms with E-state index in [1.165, 1.54) is 0 Å². The Labute approximate surface area is 51.3 Å². The largest absolute Gasteiger partial charge is 0.0434 e. The van der Waals surface area contributed by atoms with Crippen molar-refractivity contribution in [1.82, 2.24) is 0 Å². The SMILES string of the molecule is [B][SiH3].[Fe].[Ni]. The van der Waals surface area contributed by atoms with Gasteiger partial charge in [-0.25, -0.2) is 0 Å². The fraction of sp³-hybridized carbons (Fsp3) is 0. The Morgan fingerprint density at radius 1 is 1.25 bits per heavy atom. The fourth-order valence-electron chi connectivity index (χ4n) is 0. The van der Waals surface area contributed by atoms with Crippen LogP contribution in [0.5, 0.6) is 0 Å². The van der Waals surface area contributed by atoms with E-state index >= 15 is 0 Å². The van der Waals surface area contributed by atoms with Gasteiger partial charge in [-0.2, -0.15) is 0 Å². The van der Waals surface area contributed by atoms with Crippen LogP contribution in [0.4, 0.5) is 0 Å². The Morgan fingerprint density at radius 2 is 1.25 bits per heavy atom. The van der Waals surface area contributed by atoms with Crippen molar-refractivity contribution in [3.63, 3.8) is 0 Å². The number of rotatable bonds is 0. The van der Waals surface area contributed by atoms with Crippen LogP contribution in [0.3, 0.4) is 0 Å². The summed E-state index contributed by atoms with van der Waals surface area (Å²) in [4.78, 5) is 0. The molecule has 0 N–H and O–H groups in total. The van der Waals surface area contributed by atoms with Gasteiger partial charge in [-0.15, -0.1) is 0 Å². The molecular formula is H3BFeNiSi. The van der Waals surface area contributed by atoms with E-state index in [0.717, 1.165) is 10.1 Å². The smallest absolute Gasteiger partial charge is 0.0388 e. The molecule has 0 amide bonds. The molecule has 0 saturated heterocycles. The van der Waals surface area contributed by atoms with Crippen molar-refractivity contribution in [1.29, 1.82) is 0 Å². The van der Waals surface area contributed by atoms with E-state index in [2.05, 4.69) is 7.44 Å². The van der Waals surface area contributed by atoms with Crippen molar-refractivity contribution in [2.75, 3.05) is 0 Å². The van der Waals surface area contributed by atoms with Gasteiger partial charge in [-0.05, 0) is 10.1 Å². The van der Waals surface area contributed by atoms with E-state index in [1.54, 1.807) is 0 Å². The molecule has 0 heterocycles. The summed E-state index contributed by atoms with van der Waals surface area (Å²) in [5.41, 5.74) is 0. The van der Waals surface area contributed by atoms with E-state index < -0.39 is 0 Å². The summed E-state index contributed by atoms with van der Waals surface area (Å²) in [5, 5.41) is 0. The molecule has 0 aliphatic heterocycles. The third-order valence-corrected chi connectivity index (χ3v) is 0. The van der Waals surface area contributed by atoms with Crippen molar-refractivity contribution < 1.29 is 33.6 Å². The Hall–Kier alpha value is 1.29. The zero-order valence-electron chi connectivity index (χ0n) is 2.25. The molecule has 4 heavy (non-hydrogen) atoms. The molecule has 4 heteroatoms. The summed E-state index contributed by atoms with van der Waals surface area (Å²) in [6.07, 6.45) is 0. The maximum absolute atomic E-state index is 4.64. The molecule has 0 aromatic rings.